The Morgan fingerprint density at radius 1 is 1.23 bits per heavy atom. The third-order valence-corrected chi connectivity index (χ3v) is 3.51. The molecule has 1 rings (SSSR count). The van der Waals surface area contributed by atoms with Gasteiger partial charge in [-0.05, 0) is 49.6 Å². The number of rotatable bonds is 2. The quantitative estimate of drug-likeness (QED) is 0.876. The molecule has 0 radical (unpaired) electrons. The lowest BCUT2D eigenvalue weighted by Crippen LogP contribution is -2.20. The smallest absolute Gasteiger partial charge is 0.0419 e. The van der Waals surface area contributed by atoms with E-state index in [1.54, 1.807) is 0 Å². The highest BCUT2D eigenvalue weighted by atomic mass is 79.9. The number of hydrogen-bond acceptors (Lipinski definition) is 2. The Morgan fingerprint density at radius 3 is 2.31 bits per heavy atom. The minimum Gasteiger partial charge on any atom is -0.329 e. The first kappa shape index (κ1) is 13.4. The number of hydrogen-bond donors (Lipinski definition) is 2. The lowest BCUT2D eigenvalue weighted by molar-refractivity contribution is 0.736. The van der Waals surface area contributed by atoms with Crippen LogP contribution in [0.5, 0.6) is 0 Å². The molecule has 0 unspecified atom stereocenters. The van der Waals surface area contributed by atoms with Gasteiger partial charge in [-0.15, -0.1) is 12.4 Å². The highest BCUT2D eigenvalue weighted by molar-refractivity contribution is 9.13. The molecule has 1 aromatic carbocycles. The van der Waals surface area contributed by atoms with Crippen LogP contribution in [0.3, 0.4) is 0 Å². The van der Waals surface area contributed by atoms with Crippen LogP contribution in [0.25, 0.3) is 0 Å². The first-order chi connectivity index (χ1) is 5.65. The largest absolute Gasteiger partial charge is 0.329 e. The lowest BCUT2D eigenvalue weighted by atomic mass is 10.1. The Hall–Kier alpha value is 0.390. The van der Waals surface area contributed by atoms with Crippen LogP contribution >= 0.6 is 44.3 Å². The van der Waals surface area contributed by atoms with Crippen molar-refractivity contribution in [1.29, 1.82) is 0 Å². The summed E-state index contributed by atoms with van der Waals surface area (Å²) in [6, 6.07) is 5.82. The van der Waals surface area contributed by atoms with Gasteiger partial charge >= 0.3 is 0 Å². The van der Waals surface area contributed by atoms with Crippen LogP contribution in [-0.4, -0.2) is 6.54 Å². The summed E-state index contributed by atoms with van der Waals surface area (Å²) in [5, 5.41) is 0. The van der Waals surface area contributed by atoms with Crippen LogP contribution in [-0.2, 0) is 0 Å². The van der Waals surface area contributed by atoms with Gasteiger partial charge in [-0.25, -0.2) is 0 Å². The molecule has 2 nitrogen and oxygen atoms in total. The van der Waals surface area contributed by atoms with E-state index < -0.39 is 0 Å². The Labute approximate surface area is 101 Å². The monoisotopic (exact) mass is 328 g/mol. The van der Waals surface area contributed by atoms with Crippen molar-refractivity contribution in [3.05, 3.63) is 32.7 Å². The molecule has 0 bridgehead atoms. The van der Waals surface area contributed by atoms with Crippen molar-refractivity contribution in [3.8, 4) is 0 Å². The van der Waals surface area contributed by atoms with Crippen molar-refractivity contribution in [3.63, 3.8) is 0 Å². The maximum Gasteiger partial charge on any atom is 0.0419 e. The topological polar surface area (TPSA) is 52.0 Å². The lowest BCUT2D eigenvalue weighted by Gasteiger charge is -2.09. The SMILES string of the molecule is Cl.NC[C@H](N)c1ccc(Br)c(Br)c1. The van der Waals surface area contributed by atoms with Gasteiger partial charge in [-0.1, -0.05) is 6.07 Å². The molecule has 0 aliphatic carbocycles. The molecule has 4 N–H and O–H groups in total. The Balaban J connectivity index is 0.00000144. The standard InChI is InChI=1S/C8H10Br2N2.ClH/c9-6-2-1-5(3-7(6)10)8(12)4-11;/h1-3,8H,4,11-12H2;1H/t8-;/m0./s1. The van der Waals surface area contributed by atoms with Gasteiger partial charge in [0.1, 0.15) is 0 Å². The molecule has 74 valence electrons. The predicted octanol–water partition coefficient (Wildman–Crippen LogP) is 2.59. The summed E-state index contributed by atoms with van der Waals surface area (Å²) < 4.78 is 2.03. The molecular formula is C8H11Br2ClN2. The first-order valence-corrected chi connectivity index (χ1v) is 5.14. The Kier molecular flexibility index (Phi) is 6.16. The third kappa shape index (κ3) is 3.56. The van der Waals surface area contributed by atoms with Crippen LogP contribution < -0.4 is 11.5 Å². The van der Waals surface area contributed by atoms with E-state index in [1.807, 2.05) is 18.2 Å². The second-order valence-electron chi connectivity index (χ2n) is 2.52. The predicted molar refractivity (Wildman–Crippen MR) is 65.1 cm³/mol. The molecule has 0 aromatic heterocycles. The second-order valence-corrected chi connectivity index (χ2v) is 4.22. The van der Waals surface area contributed by atoms with E-state index in [1.165, 1.54) is 0 Å². The van der Waals surface area contributed by atoms with Crippen molar-refractivity contribution in [2.24, 2.45) is 11.5 Å². The van der Waals surface area contributed by atoms with Gasteiger partial charge in [0.15, 0.2) is 0 Å². The van der Waals surface area contributed by atoms with E-state index in [0.29, 0.717) is 6.54 Å². The maximum absolute atomic E-state index is 5.75. The molecule has 0 aliphatic heterocycles. The van der Waals surface area contributed by atoms with Gasteiger partial charge in [0.05, 0.1) is 0 Å². The van der Waals surface area contributed by atoms with Crippen LogP contribution in [0, 0.1) is 0 Å². The normalized spacial score (nSPS) is 12.0. The molecule has 5 heteroatoms. The fourth-order valence-electron chi connectivity index (χ4n) is 0.879. The summed E-state index contributed by atoms with van der Waals surface area (Å²) in [7, 11) is 0. The van der Waals surface area contributed by atoms with E-state index in [-0.39, 0.29) is 18.4 Å². The number of halogens is 3. The summed E-state index contributed by atoms with van der Waals surface area (Å²) in [4.78, 5) is 0. The van der Waals surface area contributed by atoms with Gasteiger partial charge < -0.3 is 11.5 Å². The van der Waals surface area contributed by atoms with Crippen molar-refractivity contribution in [1.82, 2.24) is 0 Å². The summed E-state index contributed by atoms with van der Waals surface area (Å²) in [6.45, 7) is 0.466. The van der Waals surface area contributed by atoms with Crippen LogP contribution in [0.4, 0.5) is 0 Å². The summed E-state index contributed by atoms with van der Waals surface area (Å²) in [5.74, 6) is 0. The Morgan fingerprint density at radius 2 is 1.85 bits per heavy atom. The van der Waals surface area contributed by atoms with E-state index in [9.17, 15) is 0 Å². The molecule has 0 fully saturated rings. The molecule has 0 saturated heterocycles. The van der Waals surface area contributed by atoms with Gasteiger partial charge in [0.2, 0.25) is 0 Å². The summed E-state index contributed by atoms with van der Waals surface area (Å²) in [5.41, 5.74) is 12.2. The fraction of sp³-hybridized carbons (Fsp3) is 0.250. The van der Waals surface area contributed by atoms with E-state index >= 15 is 0 Å². The van der Waals surface area contributed by atoms with E-state index in [4.69, 9.17) is 11.5 Å². The molecule has 0 amide bonds. The number of benzene rings is 1. The number of nitrogens with two attached hydrogens (primary N) is 2. The van der Waals surface area contributed by atoms with Crippen molar-refractivity contribution in [2.45, 2.75) is 6.04 Å². The molecule has 1 aromatic rings. The molecule has 0 heterocycles. The molecule has 0 saturated carbocycles. The minimum absolute atomic E-state index is 0. The zero-order chi connectivity index (χ0) is 9.14. The van der Waals surface area contributed by atoms with Crippen molar-refractivity contribution >= 4 is 44.3 Å². The Bertz CT molecular complexity index is 281. The van der Waals surface area contributed by atoms with Crippen LogP contribution in [0.2, 0.25) is 0 Å². The minimum atomic E-state index is -0.0746. The van der Waals surface area contributed by atoms with Crippen LogP contribution in [0.15, 0.2) is 27.1 Å². The molecule has 0 spiro atoms. The van der Waals surface area contributed by atoms with Gasteiger partial charge in [-0.2, -0.15) is 0 Å². The molecule has 1 atom stereocenters. The summed E-state index contributed by atoms with van der Waals surface area (Å²) >= 11 is 6.78. The highest BCUT2D eigenvalue weighted by Gasteiger charge is 2.04. The van der Waals surface area contributed by atoms with Crippen molar-refractivity contribution in [2.75, 3.05) is 6.54 Å². The average molecular weight is 330 g/mol. The van der Waals surface area contributed by atoms with Gasteiger partial charge in [0, 0.05) is 21.5 Å². The molecule has 0 aliphatic rings. The molecular weight excluding hydrogens is 319 g/mol. The summed E-state index contributed by atoms with van der Waals surface area (Å²) in [6.07, 6.45) is 0. The van der Waals surface area contributed by atoms with E-state index in [0.717, 1.165) is 14.5 Å². The van der Waals surface area contributed by atoms with E-state index in [2.05, 4.69) is 31.9 Å². The van der Waals surface area contributed by atoms with Gasteiger partial charge in [0.25, 0.3) is 0 Å². The average Bonchev–Trinajstić information content (AvgIpc) is 2.08. The van der Waals surface area contributed by atoms with Gasteiger partial charge in [-0.3, -0.25) is 0 Å². The highest BCUT2D eigenvalue weighted by Crippen LogP contribution is 2.25. The fourth-order valence-corrected chi connectivity index (χ4v) is 1.52. The first-order valence-electron chi connectivity index (χ1n) is 3.55. The zero-order valence-corrected chi connectivity index (χ0v) is 10.8. The molecule has 13 heavy (non-hydrogen) atoms. The maximum atomic E-state index is 5.75. The zero-order valence-electron chi connectivity index (χ0n) is 6.84. The third-order valence-electron chi connectivity index (χ3n) is 1.63. The van der Waals surface area contributed by atoms with Crippen molar-refractivity contribution < 1.29 is 0 Å². The second kappa shape index (κ2) is 5.98. The van der Waals surface area contributed by atoms with Crippen LogP contribution in [0.1, 0.15) is 11.6 Å².